The maximum Gasteiger partial charge on any atom is 0.351 e. The lowest BCUT2D eigenvalue weighted by Gasteiger charge is -2.09. The van der Waals surface area contributed by atoms with E-state index in [4.69, 9.17) is 18.6 Å². The monoisotopic (exact) mass is 453 g/mol. The molecule has 0 aliphatic carbocycles. The average molecular weight is 453 g/mol. The molecule has 0 saturated carbocycles. The minimum absolute atomic E-state index is 0.192. The van der Waals surface area contributed by atoms with Gasteiger partial charge in [-0.05, 0) is 59.7 Å². The lowest BCUT2D eigenvalue weighted by atomic mass is 10.0. The molecule has 7 heteroatoms. The molecule has 0 unspecified atom stereocenters. The van der Waals surface area contributed by atoms with Gasteiger partial charge in [-0.2, -0.15) is 5.26 Å². The van der Waals surface area contributed by atoms with Gasteiger partial charge in [0, 0.05) is 5.39 Å². The number of ether oxygens (including phenoxy) is 3. The predicted octanol–water partition coefficient (Wildman–Crippen LogP) is 5.09. The topological polar surface area (TPSA) is 98.8 Å². The summed E-state index contributed by atoms with van der Waals surface area (Å²) in [4.78, 5) is 24.7. The SMILES string of the molecule is COc1ccc(/C(C#N)=C\c2ccc(OC(=O)c3cc4ccccc4oc3=O)cc2)cc1OC. The number of benzene rings is 3. The summed E-state index contributed by atoms with van der Waals surface area (Å²) in [5, 5.41) is 10.3. The number of methoxy groups -OCH3 is 2. The first-order valence-electron chi connectivity index (χ1n) is 10.2. The smallest absolute Gasteiger partial charge is 0.351 e. The van der Waals surface area contributed by atoms with E-state index in [1.54, 1.807) is 79.9 Å². The Bertz CT molecular complexity index is 1490. The number of rotatable bonds is 6. The average Bonchev–Trinajstić information content (AvgIpc) is 2.87. The van der Waals surface area contributed by atoms with Gasteiger partial charge >= 0.3 is 11.6 Å². The summed E-state index contributed by atoms with van der Waals surface area (Å²) >= 11 is 0. The Morgan fingerprint density at radius 3 is 2.38 bits per heavy atom. The van der Waals surface area contributed by atoms with Gasteiger partial charge in [0.15, 0.2) is 11.5 Å². The van der Waals surface area contributed by atoms with Gasteiger partial charge in [-0.25, -0.2) is 9.59 Å². The van der Waals surface area contributed by atoms with Gasteiger partial charge in [-0.1, -0.05) is 30.3 Å². The van der Waals surface area contributed by atoms with E-state index in [-0.39, 0.29) is 11.3 Å². The number of nitriles is 1. The Labute approximate surface area is 195 Å². The molecular formula is C27H19NO6. The second-order valence-electron chi connectivity index (χ2n) is 7.18. The highest BCUT2D eigenvalue weighted by molar-refractivity contribution is 5.94. The van der Waals surface area contributed by atoms with Crippen molar-refractivity contribution in [2.24, 2.45) is 0 Å². The van der Waals surface area contributed by atoms with Crippen molar-refractivity contribution >= 4 is 28.6 Å². The van der Waals surface area contributed by atoms with Crippen LogP contribution in [0.15, 0.2) is 82.0 Å². The van der Waals surface area contributed by atoms with E-state index in [1.165, 1.54) is 13.2 Å². The van der Waals surface area contributed by atoms with Gasteiger partial charge in [0.25, 0.3) is 0 Å². The molecule has 1 aromatic heterocycles. The Morgan fingerprint density at radius 2 is 1.68 bits per heavy atom. The maximum absolute atomic E-state index is 12.5. The van der Waals surface area contributed by atoms with Crippen LogP contribution >= 0.6 is 0 Å². The molecule has 7 nitrogen and oxygen atoms in total. The Kier molecular flexibility index (Phi) is 6.42. The quantitative estimate of drug-likeness (QED) is 0.132. The second-order valence-corrected chi connectivity index (χ2v) is 7.18. The van der Waals surface area contributed by atoms with Crippen LogP contribution in [0.5, 0.6) is 17.2 Å². The fourth-order valence-electron chi connectivity index (χ4n) is 3.35. The summed E-state index contributed by atoms with van der Waals surface area (Å²) in [5.41, 5.74) is 1.23. The number of para-hydroxylation sites is 1. The fourth-order valence-corrected chi connectivity index (χ4v) is 3.35. The number of carbonyl (C=O) groups is 1. The lowest BCUT2D eigenvalue weighted by Crippen LogP contribution is -2.18. The molecule has 4 aromatic rings. The van der Waals surface area contributed by atoms with Crippen molar-refractivity contribution in [1.82, 2.24) is 0 Å². The Morgan fingerprint density at radius 1 is 0.941 bits per heavy atom. The highest BCUT2D eigenvalue weighted by Crippen LogP contribution is 2.31. The third-order valence-electron chi connectivity index (χ3n) is 5.08. The molecule has 0 N–H and O–H groups in total. The molecule has 3 aromatic carbocycles. The van der Waals surface area contributed by atoms with Crippen LogP contribution in [0.2, 0.25) is 0 Å². The van der Waals surface area contributed by atoms with Crippen LogP contribution in [0.25, 0.3) is 22.6 Å². The van der Waals surface area contributed by atoms with Crippen LogP contribution in [-0.2, 0) is 0 Å². The van der Waals surface area contributed by atoms with Crippen LogP contribution in [0.4, 0.5) is 0 Å². The van der Waals surface area contributed by atoms with Crippen LogP contribution in [-0.4, -0.2) is 20.2 Å². The van der Waals surface area contributed by atoms with Gasteiger partial charge in [0.2, 0.25) is 0 Å². The molecule has 0 saturated heterocycles. The van der Waals surface area contributed by atoms with Crippen LogP contribution in [0.1, 0.15) is 21.5 Å². The Hall–Kier alpha value is -4.83. The van der Waals surface area contributed by atoms with Crippen LogP contribution in [0.3, 0.4) is 0 Å². The van der Waals surface area contributed by atoms with Crippen molar-refractivity contribution < 1.29 is 23.4 Å². The molecule has 34 heavy (non-hydrogen) atoms. The third-order valence-corrected chi connectivity index (χ3v) is 5.08. The third kappa shape index (κ3) is 4.66. The first kappa shape index (κ1) is 22.4. The minimum atomic E-state index is -0.814. The van der Waals surface area contributed by atoms with E-state index < -0.39 is 11.6 Å². The van der Waals surface area contributed by atoms with Gasteiger partial charge in [0.05, 0.1) is 25.9 Å². The molecule has 0 bridgehead atoms. The molecule has 0 spiro atoms. The molecule has 0 radical (unpaired) electrons. The van der Waals surface area contributed by atoms with E-state index in [0.717, 1.165) is 5.56 Å². The molecule has 0 aliphatic heterocycles. The van der Waals surface area contributed by atoms with Gasteiger partial charge in [0.1, 0.15) is 16.9 Å². The van der Waals surface area contributed by atoms with Crippen molar-refractivity contribution in [2.75, 3.05) is 14.2 Å². The molecule has 0 amide bonds. The lowest BCUT2D eigenvalue weighted by molar-refractivity contribution is 0.0730. The maximum atomic E-state index is 12.5. The summed E-state index contributed by atoms with van der Waals surface area (Å²) in [6.07, 6.45) is 1.70. The van der Waals surface area contributed by atoms with Crippen molar-refractivity contribution in [2.45, 2.75) is 0 Å². The second kappa shape index (κ2) is 9.76. The summed E-state index contributed by atoms with van der Waals surface area (Å²) in [5.74, 6) is 0.516. The zero-order chi connectivity index (χ0) is 24.1. The normalized spacial score (nSPS) is 11.0. The number of fused-ring (bicyclic) bond motifs is 1. The summed E-state index contributed by atoms with van der Waals surface area (Å²) in [7, 11) is 3.07. The molecule has 0 aliphatic rings. The largest absolute Gasteiger partial charge is 0.493 e. The standard InChI is InChI=1S/C27H19NO6/c1-31-24-12-9-18(15-25(24)32-2)20(16-28)13-17-7-10-21(11-8-17)33-26(29)22-14-19-5-3-4-6-23(19)34-27(22)30/h3-15H,1-2H3/b20-13-. The zero-order valence-electron chi connectivity index (χ0n) is 18.4. The first-order chi connectivity index (χ1) is 16.5. The van der Waals surface area contributed by atoms with Crippen molar-refractivity contribution in [3.8, 4) is 23.3 Å². The molecular weight excluding hydrogens is 434 g/mol. The Balaban J connectivity index is 1.54. The highest BCUT2D eigenvalue weighted by Gasteiger charge is 2.16. The van der Waals surface area contributed by atoms with Crippen LogP contribution < -0.4 is 19.8 Å². The fraction of sp³-hybridized carbons (Fsp3) is 0.0741. The molecule has 0 fully saturated rings. The number of carbonyl (C=O) groups excluding carboxylic acids is 1. The van der Waals surface area contributed by atoms with E-state index in [1.807, 2.05) is 0 Å². The van der Waals surface area contributed by atoms with Gasteiger partial charge < -0.3 is 18.6 Å². The minimum Gasteiger partial charge on any atom is -0.493 e. The zero-order valence-corrected chi connectivity index (χ0v) is 18.4. The summed E-state index contributed by atoms with van der Waals surface area (Å²) < 4.78 is 21.1. The highest BCUT2D eigenvalue weighted by atomic mass is 16.5. The van der Waals surface area contributed by atoms with Gasteiger partial charge in [-0.3, -0.25) is 0 Å². The van der Waals surface area contributed by atoms with Crippen molar-refractivity contribution in [3.05, 3.63) is 99.9 Å². The van der Waals surface area contributed by atoms with Crippen LogP contribution in [0, 0.1) is 11.3 Å². The van der Waals surface area contributed by atoms with Crippen molar-refractivity contribution in [3.63, 3.8) is 0 Å². The first-order valence-corrected chi connectivity index (χ1v) is 10.2. The predicted molar refractivity (Wildman–Crippen MR) is 127 cm³/mol. The molecule has 4 rings (SSSR count). The number of hydrogen-bond donors (Lipinski definition) is 0. The number of allylic oxidation sites excluding steroid dienone is 1. The van der Waals surface area contributed by atoms with Crippen molar-refractivity contribution in [1.29, 1.82) is 5.26 Å². The molecule has 0 atom stereocenters. The van der Waals surface area contributed by atoms with Gasteiger partial charge in [-0.15, -0.1) is 0 Å². The summed E-state index contributed by atoms with van der Waals surface area (Å²) in [6.45, 7) is 0. The van der Waals surface area contributed by atoms with E-state index in [9.17, 15) is 14.9 Å². The van der Waals surface area contributed by atoms with E-state index >= 15 is 0 Å². The van der Waals surface area contributed by atoms with E-state index in [0.29, 0.717) is 33.6 Å². The summed E-state index contributed by atoms with van der Waals surface area (Å²) in [6, 6.07) is 22.3. The number of hydrogen-bond acceptors (Lipinski definition) is 7. The van der Waals surface area contributed by atoms with E-state index in [2.05, 4.69) is 6.07 Å². The molecule has 1 heterocycles. The number of esters is 1. The molecule has 168 valence electrons. The number of nitrogens with zero attached hydrogens (tertiary/aromatic N) is 1.